The molecule has 6 nitrogen and oxygen atoms in total. The van der Waals surface area contributed by atoms with Crippen LogP contribution in [0.15, 0.2) is 78.2 Å². The number of hydrogen-bond donors (Lipinski definition) is 1. The highest BCUT2D eigenvalue weighted by molar-refractivity contribution is 6.42. The van der Waals surface area contributed by atoms with Crippen molar-refractivity contribution in [3.8, 4) is 23.3 Å². The summed E-state index contributed by atoms with van der Waals surface area (Å²) in [5.41, 5.74) is 8.50. The number of nitrogens with zero attached hydrogens (tertiary/aromatic N) is 1. The Bertz CT molecular complexity index is 1360. The SMILES string of the molecule is COc1ccc(/C=C/C(=O)Oc2ccc3c(c2)OC(N)=C(C#N)C3c2ccc(Cl)c(Cl)c2)cc1. The van der Waals surface area contributed by atoms with Crippen LogP contribution in [-0.4, -0.2) is 13.1 Å². The van der Waals surface area contributed by atoms with Gasteiger partial charge in [0, 0.05) is 17.7 Å². The van der Waals surface area contributed by atoms with Crippen molar-refractivity contribution >= 4 is 35.2 Å². The first-order valence-electron chi connectivity index (χ1n) is 10.1. The number of nitriles is 1. The van der Waals surface area contributed by atoms with Crippen molar-refractivity contribution in [2.24, 2.45) is 5.73 Å². The highest BCUT2D eigenvalue weighted by atomic mass is 35.5. The van der Waals surface area contributed by atoms with Crippen LogP contribution in [0, 0.1) is 11.3 Å². The summed E-state index contributed by atoms with van der Waals surface area (Å²) in [7, 11) is 1.59. The monoisotopic (exact) mass is 492 g/mol. The van der Waals surface area contributed by atoms with Gasteiger partial charge in [0.05, 0.1) is 23.1 Å². The fourth-order valence-electron chi connectivity index (χ4n) is 3.56. The minimum atomic E-state index is -0.561. The molecule has 0 fully saturated rings. The normalized spacial score (nSPS) is 14.8. The Morgan fingerprint density at radius 1 is 1.06 bits per heavy atom. The number of esters is 1. The van der Waals surface area contributed by atoms with Crippen molar-refractivity contribution in [2.45, 2.75) is 5.92 Å². The number of nitrogens with two attached hydrogens (primary N) is 1. The molecule has 0 radical (unpaired) electrons. The molecule has 1 unspecified atom stereocenters. The van der Waals surface area contributed by atoms with Crippen LogP contribution in [-0.2, 0) is 4.79 Å². The molecule has 3 aromatic rings. The van der Waals surface area contributed by atoms with Gasteiger partial charge in [0.2, 0.25) is 5.88 Å². The summed E-state index contributed by atoms with van der Waals surface area (Å²) in [5.74, 6) is 0.257. The standard InChI is InChI=1S/C26H18Cl2N2O4/c1-32-17-6-2-15(3-7-17)4-11-24(31)33-18-8-9-19-23(13-18)34-26(30)20(14-29)25(19)16-5-10-21(27)22(28)12-16/h2-13,25H,30H2,1H3/b11-4+. The Hall–Kier alpha value is -3.92. The maximum Gasteiger partial charge on any atom is 0.336 e. The van der Waals surface area contributed by atoms with Crippen molar-refractivity contribution in [1.29, 1.82) is 5.26 Å². The van der Waals surface area contributed by atoms with E-state index >= 15 is 0 Å². The number of hydrogen-bond acceptors (Lipinski definition) is 6. The number of carbonyl (C=O) groups is 1. The Morgan fingerprint density at radius 2 is 1.79 bits per heavy atom. The minimum Gasteiger partial charge on any atom is -0.497 e. The maximum absolute atomic E-state index is 12.3. The van der Waals surface area contributed by atoms with Gasteiger partial charge in [0.1, 0.15) is 28.9 Å². The summed E-state index contributed by atoms with van der Waals surface area (Å²) in [4.78, 5) is 12.3. The highest BCUT2D eigenvalue weighted by Crippen LogP contribution is 2.44. The third kappa shape index (κ3) is 4.86. The molecule has 1 aliphatic heterocycles. The van der Waals surface area contributed by atoms with E-state index in [9.17, 15) is 10.1 Å². The molecule has 4 rings (SSSR count). The molecule has 0 saturated heterocycles. The van der Waals surface area contributed by atoms with Gasteiger partial charge in [-0.3, -0.25) is 0 Å². The third-order valence-corrected chi connectivity index (χ3v) is 5.95. The van der Waals surface area contributed by atoms with E-state index in [2.05, 4.69) is 6.07 Å². The smallest absolute Gasteiger partial charge is 0.336 e. The fraction of sp³-hybridized carbons (Fsp3) is 0.0769. The van der Waals surface area contributed by atoms with Crippen LogP contribution in [0.5, 0.6) is 17.2 Å². The predicted molar refractivity (Wildman–Crippen MR) is 130 cm³/mol. The summed E-state index contributed by atoms with van der Waals surface area (Å²) in [5, 5.41) is 10.4. The Labute approximate surface area is 206 Å². The molecule has 0 amide bonds. The van der Waals surface area contributed by atoms with Crippen LogP contribution in [0.3, 0.4) is 0 Å². The van der Waals surface area contributed by atoms with E-state index in [4.69, 9.17) is 43.1 Å². The zero-order chi connectivity index (χ0) is 24.2. The lowest BCUT2D eigenvalue weighted by molar-refractivity contribution is -0.128. The molecule has 0 aromatic heterocycles. The molecule has 0 spiro atoms. The average Bonchev–Trinajstić information content (AvgIpc) is 2.84. The third-order valence-electron chi connectivity index (χ3n) is 5.21. The first-order valence-corrected chi connectivity index (χ1v) is 10.9. The molecule has 34 heavy (non-hydrogen) atoms. The maximum atomic E-state index is 12.3. The number of benzene rings is 3. The van der Waals surface area contributed by atoms with Gasteiger partial charge < -0.3 is 19.9 Å². The van der Waals surface area contributed by atoms with E-state index < -0.39 is 11.9 Å². The molecule has 1 aliphatic rings. The average molecular weight is 493 g/mol. The topological polar surface area (TPSA) is 94.6 Å². The van der Waals surface area contributed by atoms with Crippen molar-refractivity contribution in [3.05, 3.63) is 105 Å². The van der Waals surface area contributed by atoms with Crippen LogP contribution < -0.4 is 19.9 Å². The van der Waals surface area contributed by atoms with Gasteiger partial charge in [-0.15, -0.1) is 0 Å². The molecule has 170 valence electrons. The zero-order valence-electron chi connectivity index (χ0n) is 17.9. The van der Waals surface area contributed by atoms with Gasteiger partial charge in [-0.2, -0.15) is 5.26 Å². The molecule has 8 heteroatoms. The van der Waals surface area contributed by atoms with Gasteiger partial charge in [-0.25, -0.2) is 4.79 Å². The van der Waals surface area contributed by atoms with Crippen LogP contribution in [0.2, 0.25) is 10.0 Å². The molecule has 0 bridgehead atoms. The number of ether oxygens (including phenoxy) is 3. The molecule has 3 aromatic carbocycles. The van der Waals surface area contributed by atoms with Gasteiger partial charge in [-0.05, 0) is 47.5 Å². The summed E-state index contributed by atoms with van der Waals surface area (Å²) in [6.45, 7) is 0. The van der Waals surface area contributed by atoms with Crippen LogP contribution >= 0.6 is 23.2 Å². The lowest BCUT2D eigenvalue weighted by atomic mass is 9.83. The number of carbonyl (C=O) groups excluding carboxylic acids is 1. The molecule has 2 N–H and O–H groups in total. The van der Waals surface area contributed by atoms with E-state index in [1.807, 2.05) is 12.1 Å². The van der Waals surface area contributed by atoms with Gasteiger partial charge in [-0.1, -0.05) is 47.5 Å². The summed E-state index contributed by atoms with van der Waals surface area (Å²) in [6, 6.07) is 19.4. The lowest BCUT2D eigenvalue weighted by Crippen LogP contribution is -2.21. The number of rotatable bonds is 5. The van der Waals surface area contributed by atoms with Crippen LogP contribution in [0.25, 0.3) is 6.08 Å². The largest absolute Gasteiger partial charge is 0.497 e. The van der Waals surface area contributed by atoms with Gasteiger partial charge in [0.15, 0.2) is 0 Å². The fourth-order valence-corrected chi connectivity index (χ4v) is 3.87. The Balaban J connectivity index is 1.58. The summed E-state index contributed by atoms with van der Waals surface area (Å²) < 4.78 is 16.2. The Morgan fingerprint density at radius 3 is 2.47 bits per heavy atom. The van der Waals surface area contributed by atoms with Gasteiger partial charge >= 0.3 is 5.97 Å². The molecule has 1 atom stereocenters. The van der Waals surface area contributed by atoms with E-state index in [1.165, 1.54) is 6.08 Å². The second-order valence-corrected chi connectivity index (χ2v) is 8.14. The van der Waals surface area contributed by atoms with Crippen molar-refractivity contribution < 1.29 is 19.0 Å². The quantitative estimate of drug-likeness (QED) is 0.273. The van der Waals surface area contributed by atoms with Crippen molar-refractivity contribution in [3.63, 3.8) is 0 Å². The first-order chi connectivity index (χ1) is 16.4. The number of halogens is 2. The van der Waals surface area contributed by atoms with Crippen LogP contribution in [0.4, 0.5) is 0 Å². The second-order valence-electron chi connectivity index (χ2n) is 7.33. The van der Waals surface area contributed by atoms with Crippen molar-refractivity contribution in [2.75, 3.05) is 7.11 Å². The van der Waals surface area contributed by atoms with E-state index in [-0.39, 0.29) is 17.2 Å². The molecule has 0 saturated carbocycles. The highest BCUT2D eigenvalue weighted by Gasteiger charge is 2.31. The molecular formula is C26H18Cl2N2O4. The van der Waals surface area contributed by atoms with Crippen LogP contribution in [0.1, 0.15) is 22.6 Å². The van der Waals surface area contributed by atoms with E-state index in [1.54, 1.807) is 61.7 Å². The second kappa shape index (κ2) is 9.92. The zero-order valence-corrected chi connectivity index (χ0v) is 19.4. The minimum absolute atomic E-state index is 0.0334. The first kappa shape index (κ1) is 23.2. The molecule has 1 heterocycles. The number of fused-ring (bicyclic) bond motifs is 1. The number of methoxy groups -OCH3 is 1. The number of allylic oxidation sites excluding steroid dienone is 1. The molecular weight excluding hydrogens is 475 g/mol. The summed E-state index contributed by atoms with van der Waals surface area (Å²) in [6.07, 6.45) is 2.96. The van der Waals surface area contributed by atoms with E-state index in [0.717, 1.165) is 16.9 Å². The van der Waals surface area contributed by atoms with E-state index in [0.29, 0.717) is 21.4 Å². The summed E-state index contributed by atoms with van der Waals surface area (Å²) >= 11 is 12.2. The lowest BCUT2D eigenvalue weighted by Gasteiger charge is -2.27. The Kier molecular flexibility index (Phi) is 6.78. The van der Waals surface area contributed by atoms with Gasteiger partial charge in [0.25, 0.3) is 0 Å². The van der Waals surface area contributed by atoms with Crippen molar-refractivity contribution in [1.82, 2.24) is 0 Å². The molecule has 0 aliphatic carbocycles. The predicted octanol–water partition coefficient (Wildman–Crippen LogP) is 5.84.